The minimum absolute atomic E-state index is 0.159. The molecule has 69 heavy (non-hydrogen) atoms. The van der Waals surface area contributed by atoms with Crippen molar-refractivity contribution in [1.29, 1.82) is 0 Å². The molecule has 0 aliphatic carbocycles. The standard InChI is InChI=1S/C65H100O4/c1-39-29-43(56(5,6)7)33-47(60(17,18)19)51(39)55(68)64(37-66,38-67)65(52-40(2)30-44(57(8,9)10)34-48(52)61(20,21)22,53-41(3)31-45(58(11,12)13)35-49(53)62(23,24)25)69-54-42(4)32-46(59(14,15)16)36-50(54)63(26,27)28/h29-36,55,66-68H,37-38H2,1-28H3. The van der Waals surface area contributed by atoms with Gasteiger partial charge >= 0.3 is 0 Å². The molecule has 0 spiro atoms. The molecule has 0 saturated carbocycles. The van der Waals surface area contributed by atoms with Crippen LogP contribution in [-0.2, 0) is 48.9 Å². The van der Waals surface area contributed by atoms with E-state index in [2.05, 4.69) is 242 Å². The van der Waals surface area contributed by atoms with Crippen molar-refractivity contribution in [3.05, 3.63) is 132 Å². The van der Waals surface area contributed by atoms with Gasteiger partial charge in [-0.3, -0.25) is 0 Å². The summed E-state index contributed by atoms with van der Waals surface area (Å²) in [6.07, 6.45) is -1.44. The second kappa shape index (κ2) is 18.6. The molecule has 0 amide bonds. The summed E-state index contributed by atoms with van der Waals surface area (Å²) >= 11 is 0. The molecule has 384 valence electrons. The Morgan fingerprint density at radius 1 is 0.362 bits per heavy atom. The lowest BCUT2D eigenvalue weighted by atomic mass is 9.55. The first kappa shape index (κ1) is 58.1. The van der Waals surface area contributed by atoms with Crippen LogP contribution in [0.3, 0.4) is 0 Å². The summed E-state index contributed by atoms with van der Waals surface area (Å²) in [5.41, 5.74) is 8.99. The predicted octanol–water partition coefficient (Wildman–Crippen LogP) is 16.3. The Hall–Kier alpha value is -3.44. The van der Waals surface area contributed by atoms with Crippen LogP contribution in [0.2, 0.25) is 0 Å². The minimum Gasteiger partial charge on any atom is -0.476 e. The summed E-state index contributed by atoms with van der Waals surface area (Å²) < 4.78 is 8.57. The molecule has 3 N–H and O–H groups in total. The Labute approximate surface area is 423 Å². The van der Waals surface area contributed by atoms with Gasteiger partial charge in [0.25, 0.3) is 0 Å². The van der Waals surface area contributed by atoms with E-state index in [0.717, 1.165) is 55.6 Å². The molecule has 0 saturated heterocycles. The minimum atomic E-state index is -1.83. The van der Waals surface area contributed by atoms with Crippen LogP contribution in [0.15, 0.2) is 48.5 Å². The summed E-state index contributed by atoms with van der Waals surface area (Å²) in [5, 5.41) is 40.6. The maximum Gasteiger partial charge on any atom is 0.173 e. The maximum absolute atomic E-state index is 14.4. The number of aliphatic hydroxyl groups excluding tert-OH is 3. The molecule has 0 radical (unpaired) electrons. The first-order chi connectivity index (χ1) is 30.7. The highest BCUT2D eigenvalue weighted by atomic mass is 16.5. The second-order valence-corrected chi connectivity index (χ2v) is 29.5. The van der Waals surface area contributed by atoms with Crippen LogP contribution in [0.5, 0.6) is 5.75 Å². The summed E-state index contributed by atoms with van der Waals surface area (Å²) in [5.74, 6) is 0.697. The number of hydrogen-bond acceptors (Lipinski definition) is 4. The molecule has 4 heteroatoms. The van der Waals surface area contributed by atoms with E-state index in [1.54, 1.807) is 0 Å². The van der Waals surface area contributed by atoms with Gasteiger partial charge in [0.2, 0.25) is 0 Å². The Morgan fingerprint density at radius 3 is 0.928 bits per heavy atom. The van der Waals surface area contributed by atoms with Gasteiger partial charge in [0.1, 0.15) is 5.75 Å². The van der Waals surface area contributed by atoms with Crippen molar-refractivity contribution >= 4 is 0 Å². The second-order valence-electron chi connectivity index (χ2n) is 29.5. The van der Waals surface area contributed by atoms with E-state index < -0.39 is 52.0 Å². The van der Waals surface area contributed by atoms with Crippen molar-refractivity contribution in [3.63, 3.8) is 0 Å². The topological polar surface area (TPSA) is 69.9 Å². The van der Waals surface area contributed by atoms with Crippen LogP contribution in [0.25, 0.3) is 0 Å². The zero-order valence-corrected chi connectivity index (χ0v) is 49.4. The lowest BCUT2D eigenvalue weighted by Crippen LogP contribution is -2.61. The highest BCUT2D eigenvalue weighted by Crippen LogP contribution is 2.62. The van der Waals surface area contributed by atoms with Crippen LogP contribution >= 0.6 is 0 Å². The fourth-order valence-corrected chi connectivity index (χ4v) is 10.6. The van der Waals surface area contributed by atoms with Crippen LogP contribution in [0.4, 0.5) is 0 Å². The van der Waals surface area contributed by atoms with Gasteiger partial charge in [0, 0.05) is 16.7 Å². The molecule has 0 heterocycles. The fourth-order valence-electron chi connectivity index (χ4n) is 10.6. The van der Waals surface area contributed by atoms with E-state index in [1.807, 2.05) is 0 Å². The predicted molar refractivity (Wildman–Crippen MR) is 297 cm³/mol. The third-order valence-corrected chi connectivity index (χ3v) is 15.1. The number of aryl methyl sites for hydroxylation is 4. The highest BCUT2D eigenvalue weighted by Gasteiger charge is 2.64. The van der Waals surface area contributed by atoms with Gasteiger partial charge in [0.05, 0.1) is 24.7 Å². The molecular formula is C65H100O4. The first-order valence-electron chi connectivity index (χ1n) is 26.0. The van der Waals surface area contributed by atoms with Crippen LogP contribution < -0.4 is 4.74 Å². The fraction of sp³-hybridized carbons (Fsp3) is 0.631. The van der Waals surface area contributed by atoms with Crippen LogP contribution in [0.1, 0.15) is 256 Å². The van der Waals surface area contributed by atoms with Crippen molar-refractivity contribution in [3.8, 4) is 5.75 Å². The largest absolute Gasteiger partial charge is 0.476 e. The van der Waals surface area contributed by atoms with Gasteiger partial charge in [-0.05, 0) is 138 Å². The number of benzene rings is 4. The zero-order valence-electron chi connectivity index (χ0n) is 49.4. The zero-order chi connectivity index (χ0) is 53.6. The lowest BCUT2D eigenvalue weighted by molar-refractivity contribution is -0.163. The molecule has 1 atom stereocenters. The average molecular weight is 946 g/mol. The van der Waals surface area contributed by atoms with Gasteiger partial charge in [-0.25, -0.2) is 0 Å². The molecule has 4 aromatic rings. The number of rotatable bonds is 9. The highest BCUT2D eigenvalue weighted by molar-refractivity contribution is 5.62. The van der Waals surface area contributed by atoms with Crippen molar-refractivity contribution in [2.75, 3.05) is 13.2 Å². The van der Waals surface area contributed by atoms with Crippen molar-refractivity contribution in [2.24, 2.45) is 5.41 Å². The molecule has 0 aliphatic rings. The van der Waals surface area contributed by atoms with Gasteiger partial charge < -0.3 is 20.1 Å². The summed E-state index contributed by atoms with van der Waals surface area (Å²) in [4.78, 5) is 0. The first-order valence-corrected chi connectivity index (χ1v) is 26.0. The molecule has 0 aromatic heterocycles. The van der Waals surface area contributed by atoms with Crippen molar-refractivity contribution in [2.45, 2.75) is 249 Å². The third-order valence-electron chi connectivity index (χ3n) is 15.1. The summed E-state index contributed by atoms with van der Waals surface area (Å²) in [6, 6.07) is 18.3. The van der Waals surface area contributed by atoms with E-state index in [9.17, 15) is 15.3 Å². The van der Waals surface area contributed by atoms with Crippen LogP contribution in [-0.4, -0.2) is 28.5 Å². The smallest absolute Gasteiger partial charge is 0.173 e. The van der Waals surface area contributed by atoms with Gasteiger partial charge in [-0.15, -0.1) is 0 Å². The summed E-state index contributed by atoms with van der Waals surface area (Å²) in [6.45, 7) is 61.3. The summed E-state index contributed by atoms with van der Waals surface area (Å²) in [7, 11) is 0. The van der Waals surface area contributed by atoms with Crippen LogP contribution in [0, 0.1) is 33.1 Å². The quantitative estimate of drug-likeness (QED) is 0.156. The molecule has 4 rings (SSSR count). The molecular weight excluding hydrogens is 845 g/mol. The van der Waals surface area contributed by atoms with E-state index in [0.29, 0.717) is 11.3 Å². The number of aliphatic hydroxyl groups is 3. The molecule has 4 aromatic carbocycles. The van der Waals surface area contributed by atoms with E-state index in [-0.39, 0.29) is 21.7 Å². The maximum atomic E-state index is 14.4. The Morgan fingerprint density at radius 2 is 0.638 bits per heavy atom. The van der Waals surface area contributed by atoms with E-state index >= 15 is 0 Å². The monoisotopic (exact) mass is 945 g/mol. The van der Waals surface area contributed by atoms with E-state index in [1.165, 1.54) is 22.3 Å². The lowest BCUT2D eigenvalue weighted by Gasteiger charge is -2.56. The van der Waals surface area contributed by atoms with Crippen molar-refractivity contribution < 1.29 is 20.1 Å². The number of ether oxygens (including phenoxy) is 1. The molecule has 0 bridgehead atoms. The van der Waals surface area contributed by atoms with E-state index in [4.69, 9.17) is 4.74 Å². The Kier molecular flexibility index (Phi) is 15.6. The SMILES string of the molecule is Cc1cc(C(C)(C)C)cc(C(C)(C)C)c1OC(c1c(C)cc(C(C)(C)C)cc1C(C)(C)C)(c1c(C)cc(C(C)(C)C)cc1C(C)(C)C)C(CO)(CO)C(O)c1c(C)cc(C(C)(C)C)cc1C(C)(C)C. The molecule has 0 aliphatic heterocycles. The normalized spacial score (nSPS) is 14.7. The molecule has 0 fully saturated rings. The van der Waals surface area contributed by atoms with Gasteiger partial charge in [-0.2, -0.15) is 0 Å². The Bertz CT molecular complexity index is 2420. The number of hydrogen-bond donors (Lipinski definition) is 3. The van der Waals surface area contributed by atoms with Gasteiger partial charge in [0.15, 0.2) is 5.60 Å². The molecule has 4 nitrogen and oxygen atoms in total. The molecule has 1 unspecified atom stereocenters. The van der Waals surface area contributed by atoms with Gasteiger partial charge in [-0.1, -0.05) is 215 Å². The third kappa shape index (κ3) is 11.1. The van der Waals surface area contributed by atoms with Crippen molar-refractivity contribution in [1.82, 2.24) is 0 Å². The average Bonchev–Trinajstić information content (AvgIpc) is 3.14. The Balaban J connectivity index is 2.69.